The minimum Gasteiger partial charge on any atom is -0.483 e. The summed E-state index contributed by atoms with van der Waals surface area (Å²) in [7, 11) is 0. The molecule has 1 N–H and O–H groups in total. The molecule has 4 rings (SSSR count). The van der Waals surface area contributed by atoms with E-state index in [9.17, 15) is 9.59 Å². The van der Waals surface area contributed by atoms with Crippen LogP contribution >= 0.6 is 15.9 Å². The van der Waals surface area contributed by atoms with E-state index in [0.717, 1.165) is 45.8 Å². The van der Waals surface area contributed by atoms with Gasteiger partial charge in [0.25, 0.3) is 5.91 Å². The Morgan fingerprint density at radius 1 is 1.22 bits per heavy atom. The third-order valence-corrected chi connectivity index (χ3v) is 5.30. The van der Waals surface area contributed by atoms with Crippen LogP contribution in [0, 0.1) is 6.92 Å². The molecule has 2 aromatic carbocycles. The highest BCUT2D eigenvalue weighted by atomic mass is 79.9. The number of aryl methyl sites for hydroxylation is 2. The lowest BCUT2D eigenvalue weighted by Crippen LogP contribution is -2.20. The van der Waals surface area contributed by atoms with Crippen molar-refractivity contribution in [3.8, 4) is 5.75 Å². The number of rotatable bonds is 4. The lowest BCUT2D eigenvalue weighted by Gasteiger charge is -2.12. The standard InChI is InChI=1S/C21H18BrNO4/c1-12-18(26-11-19(24)23-14-5-2-4-13(22)10-14)9-8-16-15-6-3-7-17(15)21(25)27-20(12)16/h2,4-5,8-10H,3,6-7,11H2,1H3,(H,23,24). The van der Waals surface area contributed by atoms with Gasteiger partial charge in [-0.1, -0.05) is 22.0 Å². The van der Waals surface area contributed by atoms with Gasteiger partial charge in [0, 0.05) is 26.7 Å². The van der Waals surface area contributed by atoms with Crippen molar-refractivity contribution in [1.29, 1.82) is 0 Å². The number of hydrogen-bond donors (Lipinski definition) is 1. The Morgan fingerprint density at radius 2 is 2.04 bits per heavy atom. The first-order valence-electron chi connectivity index (χ1n) is 8.79. The van der Waals surface area contributed by atoms with Gasteiger partial charge in [-0.2, -0.15) is 0 Å². The van der Waals surface area contributed by atoms with E-state index in [0.29, 0.717) is 17.0 Å². The Balaban J connectivity index is 1.54. The minimum atomic E-state index is -0.261. The molecule has 3 aromatic rings. The molecule has 27 heavy (non-hydrogen) atoms. The lowest BCUT2D eigenvalue weighted by molar-refractivity contribution is -0.118. The Bertz CT molecular complexity index is 1100. The van der Waals surface area contributed by atoms with Crippen LogP contribution in [0.25, 0.3) is 11.0 Å². The molecule has 1 aromatic heterocycles. The second-order valence-electron chi connectivity index (χ2n) is 6.61. The number of ether oxygens (including phenoxy) is 1. The van der Waals surface area contributed by atoms with Crippen molar-refractivity contribution in [3.05, 3.63) is 68.0 Å². The number of carbonyl (C=O) groups is 1. The summed E-state index contributed by atoms with van der Waals surface area (Å²) < 4.78 is 12.1. The molecule has 0 saturated heterocycles. The topological polar surface area (TPSA) is 68.5 Å². The van der Waals surface area contributed by atoms with Crippen molar-refractivity contribution in [1.82, 2.24) is 0 Å². The number of benzene rings is 2. The molecule has 1 aliphatic carbocycles. The summed E-state index contributed by atoms with van der Waals surface area (Å²) in [6.45, 7) is 1.71. The summed E-state index contributed by atoms with van der Waals surface area (Å²) in [5, 5.41) is 3.75. The summed E-state index contributed by atoms with van der Waals surface area (Å²) in [4.78, 5) is 24.4. The van der Waals surface area contributed by atoms with E-state index in [1.807, 2.05) is 37.3 Å². The van der Waals surface area contributed by atoms with Gasteiger partial charge >= 0.3 is 5.63 Å². The second kappa shape index (κ2) is 7.19. The molecule has 5 nitrogen and oxygen atoms in total. The quantitative estimate of drug-likeness (QED) is 0.627. The fourth-order valence-corrected chi connectivity index (χ4v) is 3.93. The molecule has 138 valence electrons. The highest BCUT2D eigenvalue weighted by Gasteiger charge is 2.21. The van der Waals surface area contributed by atoms with Crippen molar-refractivity contribution in [3.63, 3.8) is 0 Å². The summed E-state index contributed by atoms with van der Waals surface area (Å²) in [5.41, 5.74) is 3.59. The number of anilines is 1. The molecule has 1 heterocycles. The minimum absolute atomic E-state index is 0.131. The highest BCUT2D eigenvalue weighted by molar-refractivity contribution is 9.10. The molecule has 0 saturated carbocycles. The van der Waals surface area contributed by atoms with E-state index in [-0.39, 0.29) is 18.1 Å². The summed E-state index contributed by atoms with van der Waals surface area (Å²) in [5.74, 6) is 0.274. The van der Waals surface area contributed by atoms with Crippen LogP contribution in [-0.4, -0.2) is 12.5 Å². The Kier molecular flexibility index (Phi) is 4.74. The first-order chi connectivity index (χ1) is 13.0. The van der Waals surface area contributed by atoms with E-state index >= 15 is 0 Å². The summed E-state index contributed by atoms with van der Waals surface area (Å²) >= 11 is 3.37. The van der Waals surface area contributed by atoms with Gasteiger partial charge in [-0.3, -0.25) is 4.79 Å². The maximum absolute atomic E-state index is 12.2. The van der Waals surface area contributed by atoms with Crippen LogP contribution in [0.1, 0.15) is 23.1 Å². The average molecular weight is 428 g/mol. The van der Waals surface area contributed by atoms with Crippen molar-refractivity contribution in [2.75, 3.05) is 11.9 Å². The van der Waals surface area contributed by atoms with Gasteiger partial charge in [0.2, 0.25) is 0 Å². The van der Waals surface area contributed by atoms with E-state index in [2.05, 4.69) is 21.2 Å². The molecule has 0 bridgehead atoms. The summed E-state index contributed by atoms with van der Waals surface area (Å²) in [6.07, 6.45) is 2.65. The van der Waals surface area contributed by atoms with Crippen molar-refractivity contribution >= 4 is 38.5 Å². The molecule has 6 heteroatoms. The Morgan fingerprint density at radius 3 is 2.85 bits per heavy atom. The molecule has 0 spiro atoms. The van der Waals surface area contributed by atoms with E-state index in [1.165, 1.54) is 0 Å². The largest absolute Gasteiger partial charge is 0.483 e. The number of carbonyl (C=O) groups excluding carboxylic acids is 1. The maximum Gasteiger partial charge on any atom is 0.339 e. The van der Waals surface area contributed by atoms with Crippen molar-refractivity contribution in [2.24, 2.45) is 0 Å². The van der Waals surface area contributed by atoms with Crippen molar-refractivity contribution in [2.45, 2.75) is 26.2 Å². The molecule has 0 unspecified atom stereocenters. The van der Waals surface area contributed by atoms with Gasteiger partial charge in [-0.25, -0.2) is 4.79 Å². The maximum atomic E-state index is 12.2. The van der Waals surface area contributed by atoms with Crippen LogP contribution < -0.4 is 15.7 Å². The van der Waals surface area contributed by atoms with E-state index < -0.39 is 0 Å². The monoisotopic (exact) mass is 427 g/mol. The molecule has 1 amide bonds. The zero-order valence-corrected chi connectivity index (χ0v) is 16.4. The molecule has 1 aliphatic rings. The molecule has 0 aliphatic heterocycles. The van der Waals surface area contributed by atoms with Gasteiger partial charge in [0.05, 0.1) is 0 Å². The number of fused-ring (bicyclic) bond motifs is 3. The van der Waals surface area contributed by atoms with Crippen LogP contribution in [0.15, 0.2) is 50.1 Å². The number of amides is 1. The predicted molar refractivity (Wildman–Crippen MR) is 108 cm³/mol. The highest BCUT2D eigenvalue weighted by Crippen LogP contribution is 2.33. The molecular weight excluding hydrogens is 410 g/mol. The fourth-order valence-electron chi connectivity index (χ4n) is 3.53. The predicted octanol–water partition coefficient (Wildman–Crippen LogP) is 4.37. The van der Waals surface area contributed by atoms with Crippen molar-refractivity contribution < 1.29 is 13.9 Å². The molecule has 0 fully saturated rings. The van der Waals surface area contributed by atoms with Gasteiger partial charge in [-0.05, 0) is 62.1 Å². The third kappa shape index (κ3) is 3.49. The molecule has 0 atom stereocenters. The zero-order chi connectivity index (χ0) is 19.0. The van der Waals surface area contributed by atoms with Gasteiger partial charge in [0.1, 0.15) is 11.3 Å². The zero-order valence-electron chi connectivity index (χ0n) is 14.8. The Hall–Kier alpha value is -2.60. The normalized spacial score (nSPS) is 12.8. The lowest BCUT2D eigenvalue weighted by atomic mass is 10.0. The first-order valence-corrected chi connectivity index (χ1v) is 9.58. The van der Waals surface area contributed by atoms with Crippen LogP contribution in [-0.2, 0) is 17.6 Å². The summed E-state index contributed by atoms with van der Waals surface area (Å²) in [6, 6.07) is 11.1. The van der Waals surface area contributed by atoms with E-state index in [4.69, 9.17) is 9.15 Å². The number of hydrogen-bond acceptors (Lipinski definition) is 4. The molecule has 0 radical (unpaired) electrons. The second-order valence-corrected chi connectivity index (χ2v) is 7.53. The molecular formula is C21H18BrNO4. The SMILES string of the molecule is Cc1c(OCC(=O)Nc2cccc(Br)c2)ccc2c3c(c(=O)oc12)CCC3. The number of halogens is 1. The van der Waals surface area contributed by atoms with Gasteiger partial charge in [0.15, 0.2) is 6.61 Å². The number of nitrogens with one attached hydrogen (secondary N) is 1. The van der Waals surface area contributed by atoms with Crippen LogP contribution in [0.5, 0.6) is 5.75 Å². The fraction of sp³-hybridized carbons (Fsp3) is 0.238. The average Bonchev–Trinajstić information content (AvgIpc) is 3.13. The third-order valence-electron chi connectivity index (χ3n) is 4.81. The van der Waals surface area contributed by atoms with E-state index in [1.54, 1.807) is 6.07 Å². The smallest absolute Gasteiger partial charge is 0.339 e. The van der Waals surface area contributed by atoms with Crippen LogP contribution in [0.4, 0.5) is 5.69 Å². The van der Waals surface area contributed by atoms with Gasteiger partial charge in [-0.15, -0.1) is 0 Å². The van der Waals surface area contributed by atoms with Crippen LogP contribution in [0.2, 0.25) is 0 Å². The van der Waals surface area contributed by atoms with Crippen LogP contribution in [0.3, 0.4) is 0 Å². The first kappa shape index (κ1) is 17.8. The van der Waals surface area contributed by atoms with Gasteiger partial charge < -0.3 is 14.5 Å². The Labute approximate surface area is 164 Å².